The van der Waals surface area contributed by atoms with Gasteiger partial charge in [-0.15, -0.1) is 0 Å². The highest BCUT2D eigenvalue weighted by Gasteiger charge is 2.44. The molecular weight excluding hydrogens is 478 g/mol. The van der Waals surface area contributed by atoms with E-state index in [1.54, 1.807) is 0 Å². The minimum atomic E-state index is -0.356. The summed E-state index contributed by atoms with van der Waals surface area (Å²) in [6.07, 6.45) is 1.74. The number of likely N-dealkylation sites (tertiary alicyclic amines) is 1. The summed E-state index contributed by atoms with van der Waals surface area (Å²) in [5.74, 6) is 1.37. The van der Waals surface area contributed by atoms with E-state index in [4.69, 9.17) is 26.1 Å². The van der Waals surface area contributed by atoms with Crippen molar-refractivity contribution in [1.29, 1.82) is 0 Å². The zero-order valence-corrected chi connectivity index (χ0v) is 21.6. The number of rotatable bonds is 6. The Morgan fingerprint density at radius 2 is 1.78 bits per heavy atom. The van der Waals surface area contributed by atoms with Crippen molar-refractivity contribution in [3.63, 3.8) is 0 Å². The molecule has 8 nitrogen and oxygen atoms in total. The molecule has 1 unspecified atom stereocenters. The van der Waals surface area contributed by atoms with Crippen molar-refractivity contribution < 1.29 is 14.6 Å². The molecule has 36 heavy (non-hydrogen) atoms. The van der Waals surface area contributed by atoms with E-state index in [9.17, 15) is 5.11 Å². The monoisotopic (exact) mass is 511 g/mol. The molecule has 0 radical (unpaired) electrons. The van der Waals surface area contributed by atoms with E-state index in [-0.39, 0.29) is 18.2 Å². The molecule has 1 aliphatic carbocycles. The summed E-state index contributed by atoms with van der Waals surface area (Å²) in [5, 5.41) is 11.0. The van der Waals surface area contributed by atoms with Crippen LogP contribution >= 0.6 is 11.6 Å². The number of nitrogens with one attached hydrogen (secondary N) is 1. The van der Waals surface area contributed by atoms with Gasteiger partial charge in [0.15, 0.2) is 5.65 Å². The van der Waals surface area contributed by atoms with Crippen LogP contribution in [0.1, 0.15) is 26.7 Å². The fourth-order valence-electron chi connectivity index (χ4n) is 5.98. The molecule has 2 aromatic heterocycles. The quantitative estimate of drug-likeness (QED) is 0.513. The lowest BCUT2D eigenvalue weighted by Gasteiger charge is -2.28. The normalized spacial score (nSPS) is 25.6. The second-order valence-electron chi connectivity index (χ2n) is 10.7. The smallest absolute Gasteiger partial charge is 0.296 e. The lowest BCUT2D eigenvalue weighted by atomic mass is 10.0. The Balaban J connectivity index is 1.13. The number of nitrogens with zero attached hydrogens (tertiary/aromatic N) is 4. The summed E-state index contributed by atoms with van der Waals surface area (Å²) in [6, 6.07) is 10.7. The zero-order chi connectivity index (χ0) is 24.8. The Labute approximate surface area is 216 Å². The molecular formula is C27H34ClN5O3. The SMILES string of the molecule is CC(C)C(O)N1C[C@H]2C[C@H](Oc3nc4nc(-c5ccc(N6CCOCC6)cc5)c(Cl)cc4[nH]3)C[C@H]2C1. The summed E-state index contributed by atoms with van der Waals surface area (Å²) in [7, 11) is 0. The Bertz CT molecular complexity index is 1200. The van der Waals surface area contributed by atoms with E-state index in [0.29, 0.717) is 28.5 Å². The van der Waals surface area contributed by atoms with Gasteiger partial charge in [0, 0.05) is 37.4 Å². The molecule has 2 saturated heterocycles. The van der Waals surface area contributed by atoms with Crippen LogP contribution in [0.5, 0.6) is 6.01 Å². The van der Waals surface area contributed by atoms with Crippen molar-refractivity contribution in [2.24, 2.45) is 17.8 Å². The predicted octanol–water partition coefficient (Wildman–Crippen LogP) is 4.18. The number of aromatic amines is 1. The first-order chi connectivity index (χ1) is 17.4. The third kappa shape index (κ3) is 4.67. The minimum Gasteiger partial charge on any atom is -0.461 e. The third-order valence-corrected chi connectivity index (χ3v) is 8.19. The first kappa shape index (κ1) is 24.0. The van der Waals surface area contributed by atoms with Crippen LogP contribution in [-0.4, -0.2) is 76.7 Å². The molecule has 9 heteroatoms. The lowest BCUT2D eigenvalue weighted by Crippen LogP contribution is -2.38. The molecule has 192 valence electrons. The molecule has 1 aromatic carbocycles. The van der Waals surface area contributed by atoms with E-state index in [1.807, 2.05) is 6.07 Å². The minimum absolute atomic E-state index is 0.126. The van der Waals surface area contributed by atoms with Gasteiger partial charge in [-0.3, -0.25) is 4.90 Å². The largest absolute Gasteiger partial charge is 0.461 e. The van der Waals surface area contributed by atoms with Crippen molar-refractivity contribution in [1.82, 2.24) is 19.9 Å². The van der Waals surface area contributed by atoms with Crippen molar-refractivity contribution >= 4 is 28.5 Å². The molecule has 0 spiro atoms. The van der Waals surface area contributed by atoms with Gasteiger partial charge in [0.1, 0.15) is 12.3 Å². The summed E-state index contributed by atoms with van der Waals surface area (Å²) in [4.78, 5) is 17.2. The van der Waals surface area contributed by atoms with Gasteiger partial charge in [0.05, 0.1) is 29.4 Å². The summed E-state index contributed by atoms with van der Waals surface area (Å²) < 4.78 is 11.7. The van der Waals surface area contributed by atoms with E-state index >= 15 is 0 Å². The Kier molecular flexibility index (Phi) is 6.54. The Hall–Kier alpha value is -2.39. The van der Waals surface area contributed by atoms with Crippen LogP contribution in [0, 0.1) is 17.8 Å². The van der Waals surface area contributed by atoms with Gasteiger partial charge in [0.25, 0.3) is 6.01 Å². The van der Waals surface area contributed by atoms with Gasteiger partial charge in [0.2, 0.25) is 0 Å². The molecule has 0 amide bonds. The highest BCUT2D eigenvalue weighted by atomic mass is 35.5. The number of hydrogen-bond donors (Lipinski definition) is 2. The lowest BCUT2D eigenvalue weighted by molar-refractivity contribution is -0.0217. The number of benzene rings is 1. The number of fused-ring (bicyclic) bond motifs is 2. The molecule has 3 aromatic rings. The first-order valence-corrected chi connectivity index (χ1v) is 13.4. The molecule has 0 bridgehead atoms. The average Bonchev–Trinajstić information content (AvgIpc) is 3.56. The number of hydrogen-bond acceptors (Lipinski definition) is 7. The van der Waals surface area contributed by atoms with Crippen molar-refractivity contribution in [3.8, 4) is 17.3 Å². The number of pyridine rings is 1. The first-order valence-electron chi connectivity index (χ1n) is 13.0. The number of aromatic nitrogens is 3. The van der Waals surface area contributed by atoms with Crippen molar-refractivity contribution in [2.45, 2.75) is 39.0 Å². The standard InChI is InChI=1S/C27H34ClN5O3/c1-16(2)26(34)33-14-18-11-21(12-19(18)15-33)36-27-29-23-13-22(28)24(30-25(23)31-27)17-3-5-20(6-4-17)32-7-9-35-10-8-32/h3-6,13,16,18-19,21,26,34H,7-12,14-15H2,1-2H3,(H,29,30,31)/t18-,19+,21+,26?. The van der Waals surface area contributed by atoms with Gasteiger partial charge in [-0.25, -0.2) is 4.98 Å². The van der Waals surface area contributed by atoms with E-state index in [2.05, 4.69) is 57.9 Å². The molecule has 2 N–H and O–H groups in total. The predicted molar refractivity (Wildman–Crippen MR) is 140 cm³/mol. The molecule has 4 heterocycles. The van der Waals surface area contributed by atoms with Crippen LogP contribution in [0.4, 0.5) is 5.69 Å². The number of H-pyrrole nitrogens is 1. The Morgan fingerprint density at radius 1 is 1.08 bits per heavy atom. The van der Waals surface area contributed by atoms with Crippen molar-refractivity contribution in [3.05, 3.63) is 35.4 Å². The van der Waals surface area contributed by atoms with Gasteiger partial charge in [-0.05, 0) is 48.8 Å². The van der Waals surface area contributed by atoms with Crippen molar-refractivity contribution in [2.75, 3.05) is 44.3 Å². The number of morpholine rings is 1. The molecule has 2 aliphatic heterocycles. The zero-order valence-electron chi connectivity index (χ0n) is 20.9. The second kappa shape index (κ2) is 9.82. The average molecular weight is 512 g/mol. The number of aliphatic hydroxyl groups is 1. The van der Waals surface area contributed by atoms with E-state index < -0.39 is 0 Å². The maximum absolute atomic E-state index is 10.4. The third-order valence-electron chi connectivity index (χ3n) is 7.91. The number of aliphatic hydroxyl groups excluding tert-OH is 1. The van der Waals surface area contributed by atoms with Gasteiger partial charge >= 0.3 is 0 Å². The number of halogens is 1. The Morgan fingerprint density at radius 3 is 2.44 bits per heavy atom. The fourth-order valence-corrected chi connectivity index (χ4v) is 6.24. The summed E-state index contributed by atoms with van der Waals surface area (Å²) in [6.45, 7) is 9.34. The van der Waals surface area contributed by atoms with Gasteiger partial charge < -0.3 is 24.5 Å². The van der Waals surface area contributed by atoms with Gasteiger partial charge in [-0.2, -0.15) is 4.98 Å². The van der Waals surface area contributed by atoms with Crippen LogP contribution in [-0.2, 0) is 4.74 Å². The van der Waals surface area contributed by atoms with Crippen LogP contribution < -0.4 is 9.64 Å². The topological polar surface area (TPSA) is 86.7 Å². The number of imidazole rings is 1. The fraction of sp³-hybridized carbons (Fsp3) is 0.556. The van der Waals surface area contributed by atoms with Crippen LogP contribution in [0.2, 0.25) is 5.02 Å². The van der Waals surface area contributed by atoms with Crippen LogP contribution in [0.3, 0.4) is 0 Å². The maximum atomic E-state index is 10.4. The highest BCUT2D eigenvalue weighted by Crippen LogP contribution is 2.41. The maximum Gasteiger partial charge on any atom is 0.296 e. The summed E-state index contributed by atoms with van der Waals surface area (Å²) in [5.41, 5.74) is 4.23. The molecule has 4 atom stereocenters. The second-order valence-corrected chi connectivity index (χ2v) is 11.1. The number of anilines is 1. The number of ether oxygens (including phenoxy) is 2. The molecule has 1 saturated carbocycles. The van der Waals surface area contributed by atoms with E-state index in [1.165, 1.54) is 5.69 Å². The highest BCUT2D eigenvalue weighted by molar-refractivity contribution is 6.33. The van der Waals surface area contributed by atoms with Gasteiger partial charge in [-0.1, -0.05) is 37.6 Å². The molecule has 3 fully saturated rings. The summed E-state index contributed by atoms with van der Waals surface area (Å²) >= 11 is 6.63. The van der Waals surface area contributed by atoms with E-state index in [0.717, 1.165) is 69.0 Å². The van der Waals surface area contributed by atoms with Crippen LogP contribution in [0.15, 0.2) is 30.3 Å². The van der Waals surface area contributed by atoms with Crippen LogP contribution in [0.25, 0.3) is 22.4 Å². The molecule has 6 rings (SSSR count). The molecule has 3 aliphatic rings.